The zero-order chi connectivity index (χ0) is 10.7. The number of Topliss-reactive ketones (excluding diaryl/α,β-unsaturated/α-hetero) is 1. The molecule has 0 bridgehead atoms. The van der Waals surface area contributed by atoms with E-state index in [-0.39, 0.29) is 28.4 Å². The summed E-state index contributed by atoms with van der Waals surface area (Å²) in [6.45, 7) is 1.63. The summed E-state index contributed by atoms with van der Waals surface area (Å²) < 4.78 is 25.0. The van der Waals surface area contributed by atoms with Crippen molar-refractivity contribution < 1.29 is 13.6 Å². The number of hydrogen-bond acceptors (Lipinski definition) is 1. The van der Waals surface area contributed by atoms with Crippen LogP contribution in [0.1, 0.15) is 35.7 Å². The van der Waals surface area contributed by atoms with Crippen LogP contribution in [0.4, 0.5) is 8.78 Å². The van der Waals surface area contributed by atoms with Gasteiger partial charge in [-0.15, -0.1) is 0 Å². The molecule has 0 heterocycles. The average molecular weight is 219 g/mol. The van der Waals surface area contributed by atoms with Crippen molar-refractivity contribution in [2.24, 2.45) is 0 Å². The number of carbonyl (C=O) groups excluding carboxylic acids is 1. The molecule has 0 unspecified atom stereocenters. The highest BCUT2D eigenvalue weighted by Gasteiger charge is 2.17. The normalized spacial score (nSPS) is 10.6. The Labute approximate surface area is 85.7 Å². The van der Waals surface area contributed by atoms with Gasteiger partial charge in [0.15, 0.2) is 5.78 Å². The fourth-order valence-corrected chi connectivity index (χ4v) is 1.34. The lowest BCUT2D eigenvalue weighted by molar-refractivity contribution is 0.0974. The number of ketones is 1. The molecule has 0 saturated carbocycles. The maximum atomic E-state index is 12.5. The van der Waals surface area contributed by atoms with Crippen LogP contribution < -0.4 is 0 Å². The largest absolute Gasteiger partial charge is 0.294 e. The Balaban J connectivity index is 3.21. The molecule has 4 heteroatoms. The zero-order valence-corrected chi connectivity index (χ0v) is 8.31. The quantitative estimate of drug-likeness (QED) is 0.704. The highest BCUT2D eigenvalue weighted by molar-refractivity contribution is 6.30. The van der Waals surface area contributed by atoms with Gasteiger partial charge in [0.2, 0.25) is 0 Å². The van der Waals surface area contributed by atoms with Gasteiger partial charge in [0.1, 0.15) is 0 Å². The van der Waals surface area contributed by atoms with Crippen molar-refractivity contribution in [1.82, 2.24) is 0 Å². The van der Waals surface area contributed by atoms with Crippen LogP contribution in [-0.2, 0) is 0 Å². The molecule has 0 amide bonds. The molecular formula is C10H9ClF2O. The van der Waals surface area contributed by atoms with Crippen molar-refractivity contribution in [2.45, 2.75) is 19.8 Å². The van der Waals surface area contributed by atoms with E-state index < -0.39 is 6.43 Å². The Bertz CT molecular complexity index is 350. The molecule has 0 atom stereocenters. The molecule has 1 rings (SSSR count). The summed E-state index contributed by atoms with van der Waals surface area (Å²) in [6, 6.07) is 3.92. The highest BCUT2D eigenvalue weighted by atomic mass is 35.5. The number of benzene rings is 1. The second kappa shape index (κ2) is 4.51. The number of hydrogen-bond donors (Lipinski definition) is 0. The van der Waals surface area contributed by atoms with Gasteiger partial charge in [-0.3, -0.25) is 4.79 Å². The van der Waals surface area contributed by atoms with Gasteiger partial charge in [0.05, 0.1) is 0 Å². The Morgan fingerprint density at radius 3 is 2.64 bits per heavy atom. The number of halogens is 3. The molecule has 0 N–H and O–H groups in total. The molecule has 0 saturated heterocycles. The van der Waals surface area contributed by atoms with Crippen molar-refractivity contribution in [3.05, 3.63) is 34.3 Å². The monoisotopic (exact) mass is 218 g/mol. The van der Waals surface area contributed by atoms with E-state index in [4.69, 9.17) is 11.6 Å². The Kier molecular flexibility index (Phi) is 3.58. The number of alkyl halides is 2. The molecule has 0 aromatic heterocycles. The van der Waals surface area contributed by atoms with Gasteiger partial charge in [-0.1, -0.05) is 18.5 Å². The van der Waals surface area contributed by atoms with Gasteiger partial charge in [-0.05, 0) is 18.2 Å². The van der Waals surface area contributed by atoms with E-state index >= 15 is 0 Å². The van der Waals surface area contributed by atoms with Crippen LogP contribution in [0.5, 0.6) is 0 Å². The Hall–Kier alpha value is -0.960. The predicted molar refractivity (Wildman–Crippen MR) is 51.0 cm³/mol. The predicted octanol–water partition coefficient (Wildman–Crippen LogP) is 3.87. The minimum Gasteiger partial charge on any atom is -0.294 e. The van der Waals surface area contributed by atoms with Crippen molar-refractivity contribution in [3.63, 3.8) is 0 Å². The van der Waals surface area contributed by atoms with Crippen LogP contribution in [0.25, 0.3) is 0 Å². The van der Waals surface area contributed by atoms with Crippen molar-refractivity contribution in [1.29, 1.82) is 0 Å². The smallest absolute Gasteiger partial charge is 0.264 e. The molecule has 14 heavy (non-hydrogen) atoms. The standard InChI is InChI=1S/C10H9ClF2O/c1-2-9(14)7-4-3-6(11)5-8(7)10(12)13/h3-5,10H,2H2,1H3. The summed E-state index contributed by atoms with van der Waals surface area (Å²) >= 11 is 5.56. The summed E-state index contributed by atoms with van der Waals surface area (Å²) in [7, 11) is 0. The van der Waals surface area contributed by atoms with Crippen LogP contribution in [-0.4, -0.2) is 5.78 Å². The summed E-state index contributed by atoms with van der Waals surface area (Å²) in [4.78, 5) is 11.3. The molecule has 0 aliphatic rings. The summed E-state index contributed by atoms with van der Waals surface area (Å²) in [5.41, 5.74) is -0.226. The average Bonchev–Trinajstić information content (AvgIpc) is 2.16. The summed E-state index contributed by atoms with van der Waals surface area (Å²) in [6.07, 6.45) is -2.46. The second-order valence-electron chi connectivity index (χ2n) is 2.81. The lowest BCUT2D eigenvalue weighted by atomic mass is 10.0. The van der Waals surface area contributed by atoms with E-state index in [9.17, 15) is 13.6 Å². The Morgan fingerprint density at radius 1 is 1.50 bits per heavy atom. The van der Waals surface area contributed by atoms with E-state index in [2.05, 4.69) is 0 Å². The maximum Gasteiger partial charge on any atom is 0.264 e. The molecule has 0 aliphatic carbocycles. The molecule has 0 fully saturated rings. The number of rotatable bonds is 3. The van der Waals surface area contributed by atoms with E-state index in [1.807, 2.05) is 0 Å². The third-order valence-corrected chi connectivity index (χ3v) is 2.11. The van der Waals surface area contributed by atoms with Gasteiger partial charge in [0, 0.05) is 22.6 Å². The van der Waals surface area contributed by atoms with Crippen molar-refractivity contribution in [2.75, 3.05) is 0 Å². The van der Waals surface area contributed by atoms with Gasteiger partial charge in [0.25, 0.3) is 6.43 Å². The van der Waals surface area contributed by atoms with Crippen molar-refractivity contribution in [3.8, 4) is 0 Å². The fourth-order valence-electron chi connectivity index (χ4n) is 1.16. The van der Waals surface area contributed by atoms with Crippen molar-refractivity contribution >= 4 is 17.4 Å². The Morgan fingerprint density at radius 2 is 2.14 bits per heavy atom. The van der Waals surface area contributed by atoms with Crippen LogP contribution in [0, 0.1) is 0 Å². The first kappa shape index (κ1) is 11.1. The first-order chi connectivity index (χ1) is 6.56. The van der Waals surface area contributed by atoms with E-state index in [1.54, 1.807) is 6.92 Å². The summed E-state index contributed by atoms with van der Waals surface area (Å²) in [5.74, 6) is -0.294. The highest BCUT2D eigenvalue weighted by Crippen LogP contribution is 2.26. The lowest BCUT2D eigenvalue weighted by Gasteiger charge is -2.06. The molecule has 1 nitrogen and oxygen atoms in total. The number of carbonyl (C=O) groups is 1. The zero-order valence-electron chi connectivity index (χ0n) is 7.56. The van der Waals surface area contributed by atoms with Crippen LogP contribution in [0.2, 0.25) is 5.02 Å². The third-order valence-electron chi connectivity index (χ3n) is 1.87. The minimum absolute atomic E-state index is 0.0619. The third kappa shape index (κ3) is 2.29. The van der Waals surface area contributed by atoms with Crippen LogP contribution in [0.15, 0.2) is 18.2 Å². The van der Waals surface area contributed by atoms with Gasteiger partial charge in [-0.25, -0.2) is 8.78 Å². The fraction of sp³-hybridized carbons (Fsp3) is 0.300. The molecule has 76 valence electrons. The molecule has 1 aromatic rings. The minimum atomic E-state index is -2.67. The SMILES string of the molecule is CCC(=O)c1ccc(Cl)cc1C(F)F. The lowest BCUT2D eigenvalue weighted by Crippen LogP contribution is -2.02. The first-order valence-corrected chi connectivity index (χ1v) is 4.54. The van der Waals surface area contributed by atoms with Gasteiger partial charge < -0.3 is 0 Å². The first-order valence-electron chi connectivity index (χ1n) is 4.17. The van der Waals surface area contributed by atoms with E-state index in [1.165, 1.54) is 12.1 Å². The topological polar surface area (TPSA) is 17.1 Å². The summed E-state index contributed by atoms with van der Waals surface area (Å²) in [5, 5.41) is 0.216. The maximum absolute atomic E-state index is 12.5. The molecule has 0 spiro atoms. The molecule has 0 radical (unpaired) electrons. The van der Waals surface area contributed by atoms with Gasteiger partial charge in [-0.2, -0.15) is 0 Å². The molecular weight excluding hydrogens is 210 g/mol. The van der Waals surface area contributed by atoms with Crippen LogP contribution >= 0.6 is 11.6 Å². The van der Waals surface area contributed by atoms with E-state index in [0.717, 1.165) is 6.07 Å². The molecule has 1 aromatic carbocycles. The van der Waals surface area contributed by atoms with Crippen LogP contribution in [0.3, 0.4) is 0 Å². The second-order valence-corrected chi connectivity index (χ2v) is 3.25. The van der Waals surface area contributed by atoms with E-state index in [0.29, 0.717) is 0 Å². The van der Waals surface area contributed by atoms with Gasteiger partial charge >= 0.3 is 0 Å². The molecule has 0 aliphatic heterocycles.